The molecule has 1 fully saturated rings. The fraction of sp³-hybridized carbons (Fsp3) is 0.304. The number of anilines is 2. The smallest absolute Gasteiger partial charge is 0.268 e. The minimum Gasteiger partial charge on any atom is -0.341 e. The summed E-state index contributed by atoms with van der Waals surface area (Å²) in [6.45, 7) is 6.35. The number of rotatable bonds is 5. The van der Waals surface area contributed by atoms with Gasteiger partial charge in [-0.25, -0.2) is 4.98 Å². The number of carbonyl (C=O) groups excluding carboxylic acids is 3. The zero-order valence-electron chi connectivity index (χ0n) is 17.8. The number of hydrogen-bond acceptors (Lipinski definition) is 5. The Kier molecular flexibility index (Phi) is 6.36. The fourth-order valence-corrected chi connectivity index (χ4v) is 4.73. The van der Waals surface area contributed by atoms with E-state index in [1.807, 2.05) is 33.7 Å². The lowest BCUT2D eigenvalue weighted by Gasteiger charge is -2.26. The third kappa shape index (κ3) is 4.57. The zero-order valence-corrected chi connectivity index (χ0v) is 18.7. The molecule has 0 unspecified atom stereocenters. The number of carbonyl (C=O) groups is 3. The quantitative estimate of drug-likeness (QED) is 0.572. The van der Waals surface area contributed by atoms with Crippen molar-refractivity contribution in [3.8, 4) is 0 Å². The van der Waals surface area contributed by atoms with Crippen LogP contribution in [0.15, 0.2) is 48.4 Å². The normalized spacial score (nSPS) is 16.4. The van der Waals surface area contributed by atoms with Crippen LogP contribution in [-0.4, -0.2) is 45.3 Å². The van der Waals surface area contributed by atoms with Gasteiger partial charge in [0.05, 0.1) is 27.6 Å². The lowest BCUT2D eigenvalue weighted by atomic mass is 10.1. The van der Waals surface area contributed by atoms with Gasteiger partial charge < -0.3 is 14.8 Å². The van der Waals surface area contributed by atoms with Crippen molar-refractivity contribution < 1.29 is 14.4 Å². The predicted octanol–water partition coefficient (Wildman–Crippen LogP) is 4.05. The third-order valence-electron chi connectivity index (χ3n) is 5.55. The number of likely N-dealkylation sites (tertiary alicyclic amines) is 1. The number of nitrogens with zero attached hydrogens (tertiary/aromatic N) is 3. The fourth-order valence-electron chi connectivity index (χ4n) is 4.00. The standard InChI is InChI=1S/C23H25N5O3S/c1-3-21(30)24-16-12-20(32-14-16)22(31)26-23-25-18-9-4-5-10-19(18)28(23)17-8-6-7-11-27(13-17)15(2)29/h3-5,9-10,12,14,17H,1,6-8,11,13H2,2H3,(H,24,30)(H,25,26,31)/t17-/m1/s1. The number of imidazole rings is 1. The summed E-state index contributed by atoms with van der Waals surface area (Å²) in [4.78, 5) is 43.6. The van der Waals surface area contributed by atoms with Gasteiger partial charge in [0.1, 0.15) is 0 Å². The van der Waals surface area contributed by atoms with Gasteiger partial charge in [0.2, 0.25) is 17.8 Å². The van der Waals surface area contributed by atoms with Crippen LogP contribution in [0.2, 0.25) is 0 Å². The molecule has 1 saturated heterocycles. The Labute approximate surface area is 189 Å². The van der Waals surface area contributed by atoms with E-state index < -0.39 is 0 Å². The molecule has 9 heteroatoms. The summed E-state index contributed by atoms with van der Waals surface area (Å²) in [5, 5.41) is 7.30. The van der Waals surface area contributed by atoms with E-state index in [0.29, 0.717) is 23.1 Å². The molecule has 32 heavy (non-hydrogen) atoms. The van der Waals surface area contributed by atoms with E-state index in [9.17, 15) is 14.4 Å². The Hall–Kier alpha value is -3.46. The molecule has 2 N–H and O–H groups in total. The first-order valence-electron chi connectivity index (χ1n) is 10.5. The van der Waals surface area contributed by atoms with E-state index in [-0.39, 0.29) is 23.8 Å². The number of thiophene rings is 1. The first-order chi connectivity index (χ1) is 15.5. The van der Waals surface area contributed by atoms with Crippen molar-refractivity contribution in [2.24, 2.45) is 0 Å². The van der Waals surface area contributed by atoms with Crippen molar-refractivity contribution in [1.82, 2.24) is 14.5 Å². The molecule has 2 aromatic heterocycles. The number of amides is 3. The molecule has 0 saturated carbocycles. The second kappa shape index (κ2) is 9.35. The van der Waals surface area contributed by atoms with Crippen molar-refractivity contribution in [3.63, 3.8) is 0 Å². The maximum atomic E-state index is 13.0. The Balaban J connectivity index is 1.64. The summed E-state index contributed by atoms with van der Waals surface area (Å²) in [5.41, 5.74) is 2.24. The molecule has 3 amide bonds. The number of aromatic nitrogens is 2. The van der Waals surface area contributed by atoms with Gasteiger partial charge in [-0.3, -0.25) is 19.7 Å². The van der Waals surface area contributed by atoms with Crippen molar-refractivity contribution in [3.05, 3.63) is 53.2 Å². The molecule has 4 rings (SSSR count). The zero-order chi connectivity index (χ0) is 22.7. The van der Waals surface area contributed by atoms with Gasteiger partial charge in [-0.2, -0.15) is 0 Å². The highest BCUT2D eigenvalue weighted by atomic mass is 32.1. The molecule has 3 aromatic rings. The number of para-hydroxylation sites is 2. The molecule has 1 aromatic carbocycles. The second-order valence-electron chi connectivity index (χ2n) is 7.76. The third-order valence-corrected chi connectivity index (χ3v) is 6.48. The van der Waals surface area contributed by atoms with E-state index >= 15 is 0 Å². The van der Waals surface area contributed by atoms with Gasteiger partial charge in [-0.15, -0.1) is 11.3 Å². The molecule has 1 atom stereocenters. The number of nitrogens with one attached hydrogen (secondary N) is 2. The molecular formula is C23H25N5O3S. The van der Waals surface area contributed by atoms with Crippen LogP contribution in [0.25, 0.3) is 11.0 Å². The largest absolute Gasteiger partial charge is 0.341 e. The van der Waals surface area contributed by atoms with E-state index in [1.165, 1.54) is 17.4 Å². The minimum atomic E-state index is -0.333. The Morgan fingerprint density at radius 2 is 2.03 bits per heavy atom. The Morgan fingerprint density at radius 3 is 2.81 bits per heavy atom. The van der Waals surface area contributed by atoms with E-state index in [1.54, 1.807) is 18.4 Å². The highest BCUT2D eigenvalue weighted by Crippen LogP contribution is 2.31. The molecule has 0 radical (unpaired) electrons. The molecule has 0 bridgehead atoms. The van der Waals surface area contributed by atoms with Crippen LogP contribution >= 0.6 is 11.3 Å². The summed E-state index contributed by atoms with van der Waals surface area (Å²) >= 11 is 1.23. The molecule has 0 spiro atoms. The average Bonchev–Trinajstić information content (AvgIpc) is 3.30. The summed E-state index contributed by atoms with van der Waals surface area (Å²) in [7, 11) is 0. The van der Waals surface area contributed by atoms with Crippen LogP contribution in [0.3, 0.4) is 0 Å². The second-order valence-corrected chi connectivity index (χ2v) is 8.67. The highest BCUT2D eigenvalue weighted by molar-refractivity contribution is 7.12. The SMILES string of the molecule is C=CC(=O)Nc1csc(C(=O)Nc2nc3ccccc3n2[C@@H]2CCCCN(C(C)=O)C2)c1. The van der Waals surface area contributed by atoms with Crippen LogP contribution in [0, 0.1) is 0 Å². The van der Waals surface area contributed by atoms with Gasteiger partial charge >= 0.3 is 0 Å². The van der Waals surface area contributed by atoms with Gasteiger partial charge in [0.15, 0.2) is 0 Å². The van der Waals surface area contributed by atoms with Gasteiger partial charge in [0, 0.05) is 25.4 Å². The monoisotopic (exact) mass is 451 g/mol. The van der Waals surface area contributed by atoms with Crippen LogP contribution in [0.4, 0.5) is 11.6 Å². The summed E-state index contributed by atoms with van der Waals surface area (Å²) in [6.07, 6.45) is 4.02. The number of fused-ring (bicyclic) bond motifs is 1. The Morgan fingerprint density at radius 1 is 1.22 bits per heavy atom. The van der Waals surface area contributed by atoms with Crippen molar-refractivity contribution >= 4 is 51.7 Å². The van der Waals surface area contributed by atoms with Crippen LogP contribution in [0.1, 0.15) is 41.9 Å². The molecular weight excluding hydrogens is 426 g/mol. The molecule has 1 aliphatic heterocycles. The van der Waals surface area contributed by atoms with Gasteiger partial charge in [-0.05, 0) is 43.5 Å². The maximum Gasteiger partial charge on any atom is 0.268 e. The summed E-state index contributed by atoms with van der Waals surface area (Å²) in [5.74, 6) is -0.126. The van der Waals surface area contributed by atoms with Crippen LogP contribution in [-0.2, 0) is 9.59 Å². The lowest BCUT2D eigenvalue weighted by Crippen LogP contribution is -2.34. The molecule has 3 heterocycles. The number of hydrogen-bond donors (Lipinski definition) is 2. The number of benzene rings is 1. The highest BCUT2D eigenvalue weighted by Gasteiger charge is 2.26. The minimum absolute atomic E-state index is 0.00914. The first-order valence-corrected chi connectivity index (χ1v) is 11.4. The Bertz CT molecular complexity index is 1180. The predicted molar refractivity (Wildman–Crippen MR) is 126 cm³/mol. The molecule has 0 aliphatic carbocycles. The topological polar surface area (TPSA) is 96.3 Å². The van der Waals surface area contributed by atoms with Gasteiger partial charge in [0.25, 0.3) is 5.91 Å². The van der Waals surface area contributed by atoms with E-state index in [2.05, 4.69) is 22.2 Å². The molecule has 1 aliphatic rings. The van der Waals surface area contributed by atoms with Crippen molar-refractivity contribution in [2.75, 3.05) is 23.7 Å². The van der Waals surface area contributed by atoms with Crippen molar-refractivity contribution in [2.45, 2.75) is 32.2 Å². The van der Waals surface area contributed by atoms with Gasteiger partial charge in [-0.1, -0.05) is 18.7 Å². The summed E-state index contributed by atoms with van der Waals surface area (Å²) < 4.78 is 2.04. The van der Waals surface area contributed by atoms with E-state index in [0.717, 1.165) is 36.8 Å². The molecule has 8 nitrogen and oxygen atoms in total. The maximum absolute atomic E-state index is 13.0. The molecule has 166 valence electrons. The van der Waals surface area contributed by atoms with Crippen LogP contribution < -0.4 is 10.6 Å². The first kappa shape index (κ1) is 21.8. The lowest BCUT2D eigenvalue weighted by molar-refractivity contribution is -0.129. The van der Waals surface area contributed by atoms with Crippen LogP contribution in [0.5, 0.6) is 0 Å². The van der Waals surface area contributed by atoms with Crippen molar-refractivity contribution in [1.29, 1.82) is 0 Å². The average molecular weight is 452 g/mol. The van der Waals surface area contributed by atoms with E-state index in [4.69, 9.17) is 0 Å². The summed E-state index contributed by atoms with van der Waals surface area (Å²) in [6, 6.07) is 9.38.